The van der Waals surface area contributed by atoms with E-state index in [0.29, 0.717) is 17.9 Å². The molecule has 0 saturated carbocycles. The molecular weight excluding hydrogens is 334 g/mol. The number of halogens is 2. The minimum Gasteiger partial charge on any atom is -0.493 e. The summed E-state index contributed by atoms with van der Waals surface area (Å²) in [7, 11) is 3.21. The van der Waals surface area contributed by atoms with Crippen LogP contribution < -0.4 is 9.47 Å². The summed E-state index contributed by atoms with van der Waals surface area (Å²) < 4.78 is 11.4. The molecule has 1 heterocycles. The van der Waals surface area contributed by atoms with E-state index in [0.717, 1.165) is 15.7 Å². The molecule has 19 heavy (non-hydrogen) atoms. The minimum atomic E-state index is -0.0864. The second kappa shape index (κ2) is 6.01. The summed E-state index contributed by atoms with van der Waals surface area (Å²) in [5.41, 5.74) is 1.78. The number of hydrogen-bond donors (Lipinski definition) is 0. The molecule has 104 valence electrons. The molecule has 0 bridgehead atoms. The first-order valence-corrected chi connectivity index (χ1v) is 7.08. The van der Waals surface area contributed by atoms with Crippen LogP contribution in [0.5, 0.6) is 11.5 Å². The van der Waals surface area contributed by atoms with Gasteiger partial charge in [0.25, 0.3) is 0 Å². The van der Waals surface area contributed by atoms with Gasteiger partial charge in [-0.25, -0.2) is 0 Å². The van der Waals surface area contributed by atoms with Crippen LogP contribution in [0.1, 0.15) is 18.9 Å². The number of oxime groups is 1. The number of hydrogen-bond acceptors (Lipinski definition) is 4. The van der Waals surface area contributed by atoms with Crippen LogP contribution >= 0.6 is 27.5 Å². The molecule has 1 aromatic rings. The molecule has 1 aliphatic heterocycles. The number of nitrogens with zero attached hydrogens (tertiary/aromatic N) is 1. The molecule has 2 unspecified atom stereocenters. The van der Waals surface area contributed by atoms with Crippen molar-refractivity contribution in [3.8, 4) is 11.5 Å². The van der Waals surface area contributed by atoms with Crippen LogP contribution in [0.4, 0.5) is 0 Å². The Morgan fingerprint density at radius 1 is 1.37 bits per heavy atom. The topological polar surface area (TPSA) is 40.0 Å². The maximum absolute atomic E-state index is 6.03. The lowest BCUT2D eigenvalue weighted by Gasteiger charge is -2.12. The smallest absolute Gasteiger partial charge is 0.161 e. The van der Waals surface area contributed by atoms with E-state index in [4.69, 9.17) is 25.9 Å². The second-order valence-corrected chi connectivity index (χ2v) is 5.79. The summed E-state index contributed by atoms with van der Waals surface area (Å²) in [6.45, 7) is 1.90. The molecule has 6 heteroatoms. The van der Waals surface area contributed by atoms with Crippen molar-refractivity contribution in [3.05, 3.63) is 22.2 Å². The SMILES string of the molecule is COc1cc(Br)c(C2=NOC(C(C)Cl)C2)cc1OC. The van der Waals surface area contributed by atoms with Gasteiger partial charge in [-0.3, -0.25) is 0 Å². The molecule has 2 atom stereocenters. The lowest BCUT2D eigenvalue weighted by atomic mass is 10.0. The van der Waals surface area contributed by atoms with Crippen LogP contribution in [0.15, 0.2) is 21.8 Å². The first-order chi connectivity index (χ1) is 9.06. The van der Waals surface area contributed by atoms with Crippen LogP contribution in [0.3, 0.4) is 0 Å². The third kappa shape index (κ3) is 2.98. The van der Waals surface area contributed by atoms with Crippen molar-refractivity contribution in [2.24, 2.45) is 5.16 Å². The fourth-order valence-corrected chi connectivity index (χ4v) is 2.56. The number of alkyl halides is 1. The number of methoxy groups -OCH3 is 2. The van der Waals surface area contributed by atoms with Gasteiger partial charge in [-0.15, -0.1) is 11.6 Å². The van der Waals surface area contributed by atoms with Crippen molar-refractivity contribution in [1.29, 1.82) is 0 Å². The number of rotatable bonds is 4. The van der Waals surface area contributed by atoms with E-state index in [2.05, 4.69) is 21.1 Å². The predicted octanol–water partition coefficient (Wildman–Crippen LogP) is 3.59. The summed E-state index contributed by atoms with van der Waals surface area (Å²) in [6.07, 6.45) is 0.593. The molecule has 1 aromatic carbocycles. The number of ether oxygens (including phenoxy) is 2. The normalized spacial score (nSPS) is 19.6. The number of benzene rings is 1. The van der Waals surface area contributed by atoms with Gasteiger partial charge in [0, 0.05) is 16.5 Å². The zero-order chi connectivity index (χ0) is 14.0. The first kappa shape index (κ1) is 14.5. The second-order valence-electron chi connectivity index (χ2n) is 4.25. The summed E-state index contributed by atoms with van der Waals surface area (Å²) in [4.78, 5) is 5.33. The summed E-state index contributed by atoms with van der Waals surface area (Å²) in [5, 5.41) is 4.02. The van der Waals surface area contributed by atoms with E-state index in [-0.39, 0.29) is 11.5 Å². The maximum atomic E-state index is 6.03. The largest absolute Gasteiger partial charge is 0.493 e. The van der Waals surface area contributed by atoms with Gasteiger partial charge in [-0.05, 0) is 35.0 Å². The predicted molar refractivity (Wildman–Crippen MR) is 78.6 cm³/mol. The quantitative estimate of drug-likeness (QED) is 0.781. The molecule has 0 N–H and O–H groups in total. The summed E-state index contributed by atoms with van der Waals surface area (Å²) >= 11 is 9.54. The minimum absolute atomic E-state index is 0.0832. The lowest BCUT2D eigenvalue weighted by molar-refractivity contribution is 0.0855. The van der Waals surface area contributed by atoms with Gasteiger partial charge >= 0.3 is 0 Å². The molecule has 0 spiro atoms. The Hall–Kier alpha value is -0.940. The lowest BCUT2D eigenvalue weighted by Crippen LogP contribution is -2.18. The van der Waals surface area contributed by atoms with Gasteiger partial charge in [0.2, 0.25) is 0 Å². The molecule has 0 amide bonds. The third-order valence-corrected chi connectivity index (χ3v) is 3.93. The zero-order valence-corrected chi connectivity index (χ0v) is 13.3. The molecule has 4 nitrogen and oxygen atoms in total. The van der Waals surface area contributed by atoms with E-state index < -0.39 is 0 Å². The van der Waals surface area contributed by atoms with Crippen molar-refractivity contribution in [1.82, 2.24) is 0 Å². The third-order valence-electron chi connectivity index (χ3n) is 2.99. The van der Waals surface area contributed by atoms with Gasteiger partial charge in [-0.1, -0.05) is 5.16 Å². The molecule has 0 radical (unpaired) electrons. The molecule has 0 saturated heterocycles. The highest BCUT2D eigenvalue weighted by Gasteiger charge is 2.28. The highest BCUT2D eigenvalue weighted by molar-refractivity contribution is 9.10. The van der Waals surface area contributed by atoms with E-state index in [1.54, 1.807) is 14.2 Å². The van der Waals surface area contributed by atoms with Crippen molar-refractivity contribution >= 4 is 33.2 Å². The van der Waals surface area contributed by atoms with Crippen LogP contribution in [-0.4, -0.2) is 31.4 Å². The van der Waals surface area contributed by atoms with Crippen molar-refractivity contribution in [2.45, 2.75) is 24.8 Å². The van der Waals surface area contributed by atoms with Crippen molar-refractivity contribution in [3.63, 3.8) is 0 Å². The Morgan fingerprint density at radius 2 is 2.00 bits per heavy atom. The Kier molecular flexibility index (Phi) is 4.58. The first-order valence-electron chi connectivity index (χ1n) is 5.85. The Bertz CT molecular complexity index is 505. The van der Waals surface area contributed by atoms with Gasteiger partial charge in [-0.2, -0.15) is 0 Å². The highest BCUT2D eigenvalue weighted by Crippen LogP contribution is 2.35. The van der Waals surface area contributed by atoms with Crippen LogP contribution in [0.25, 0.3) is 0 Å². The zero-order valence-electron chi connectivity index (χ0n) is 10.9. The van der Waals surface area contributed by atoms with Crippen LogP contribution in [0.2, 0.25) is 0 Å². The van der Waals surface area contributed by atoms with E-state index in [9.17, 15) is 0 Å². The van der Waals surface area contributed by atoms with E-state index >= 15 is 0 Å². The van der Waals surface area contributed by atoms with Crippen LogP contribution in [-0.2, 0) is 4.84 Å². The molecular formula is C13H15BrClNO3. The highest BCUT2D eigenvalue weighted by atomic mass is 79.9. The Morgan fingerprint density at radius 3 is 2.53 bits per heavy atom. The molecule has 0 fully saturated rings. The maximum Gasteiger partial charge on any atom is 0.161 e. The van der Waals surface area contributed by atoms with Crippen molar-refractivity contribution < 1.29 is 14.3 Å². The molecule has 2 rings (SSSR count). The van der Waals surface area contributed by atoms with Gasteiger partial charge in [0.15, 0.2) is 11.5 Å². The summed E-state index contributed by atoms with van der Waals surface area (Å²) in [5.74, 6) is 1.32. The standard InChI is InChI=1S/C13H15BrClNO3/c1-7(15)11-6-10(16-19-11)8-4-12(17-2)13(18-3)5-9(8)14/h4-5,7,11H,6H2,1-3H3. The molecule has 0 aliphatic carbocycles. The Balaban J connectivity index is 2.31. The summed E-state index contributed by atoms with van der Waals surface area (Å²) in [6, 6.07) is 3.74. The average molecular weight is 349 g/mol. The van der Waals surface area contributed by atoms with E-state index in [1.165, 1.54) is 0 Å². The van der Waals surface area contributed by atoms with Gasteiger partial charge in [0.05, 0.1) is 25.3 Å². The van der Waals surface area contributed by atoms with E-state index in [1.807, 2.05) is 19.1 Å². The monoisotopic (exact) mass is 347 g/mol. The molecule has 0 aromatic heterocycles. The molecule has 1 aliphatic rings. The van der Waals surface area contributed by atoms with Gasteiger partial charge < -0.3 is 14.3 Å². The average Bonchev–Trinajstić information content (AvgIpc) is 2.87. The van der Waals surface area contributed by atoms with Crippen LogP contribution in [0, 0.1) is 0 Å². The van der Waals surface area contributed by atoms with Gasteiger partial charge in [0.1, 0.15) is 6.10 Å². The van der Waals surface area contributed by atoms with Crippen molar-refractivity contribution in [2.75, 3.05) is 14.2 Å². The fraction of sp³-hybridized carbons (Fsp3) is 0.462. The fourth-order valence-electron chi connectivity index (χ4n) is 1.88. The Labute approximate surface area is 125 Å².